The van der Waals surface area contributed by atoms with Crippen LogP contribution in [0.25, 0.3) is 0 Å². The number of hydrogen-bond acceptors (Lipinski definition) is 0. The van der Waals surface area contributed by atoms with Crippen molar-refractivity contribution in [2.24, 2.45) is 0 Å². The lowest BCUT2D eigenvalue weighted by atomic mass is 10.2. The molecule has 0 N–H and O–H groups in total. The first-order valence-electron chi connectivity index (χ1n) is 3.34. The smallest absolute Gasteiger partial charge is 0.0288 e. The summed E-state index contributed by atoms with van der Waals surface area (Å²) in [4.78, 5) is 0. The highest BCUT2D eigenvalue weighted by Gasteiger charge is 1.89. The Morgan fingerprint density at radius 1 is 1.44 bits per heavy atom. The Bertz CT molecular complexity index is 160. The van der Waals surface area contributed by atoms with Crippen LogP contribution in [0, 0.1) is 0 Å². The number of rotatable bonds is 2. The van der Waals surface area contributed by atoms with Gasteiger partial charge in [0.2, 0.25) is 0 Å². The van der Waals surface area contributed by atoms with Crippen LogP contribution in [0.5, 0.6) is 0 Å². The van der Waals surface area contributed by atoms with E-state index >= 15 is 0 Å². The molecule has 0 saturated carbocycles. The molecule has 1 rings (SSSR count). The fourth-order valence-electron chi connectivity index (χ4n) is 0.900. The van der Waals surface area contributed by atoms with E-state index in [0.29, 0.717) is 0 Å². The van der Waals surface area contributed by atoms with Crippen LogP contribution in [0.3, 0.4) is 0 Å². The second-order valence-electron chi connectivity index (χ2n) is 2.02. The van der Waals surface area contributed by atoms with Crippen LogP contribution in [0.2, 0.25) is 0 Å². The minimum atomic E-state index is 1.23. The van der Waals surface area contributed by atoms with E-state index in [-0.39, 0.29) is 0 Å². The highest BCUT2D eigenvalue weighted by molar-refractivity contribution is 7.90. The molecule has 0 bridgehead atoms. The largest absolute Gasteiger partial charge is 0.497 e. The van der Waals surface area contributed by atoms with Crippen molar-refractivity contribution in [2.75, 3.05) is 0 Å². The van der Waals surface area contributed by atoms with Crippen molar-refractivity contribution in [3.8, 4) is 0 Å². The maximum Gasteiger partial charge on any atom is -0.0288 e. The van der Waals surface area contributed by atoms with Gasteiger partial charge in [-0.15, -0.1) is 0 Å². The van der Waals surface area contributed by atoms with E-state index in [4.69, 9.17) is 0 Å². The standard InChI is InChI=1S/C7H11P2/c1-3-6-5-8-9-7(6)4-2/h5H,3-4H2,1-2H3/q-1. The van der Waals surface area contributed by atoms with Crippen LogP contribution >= 0.6 is 15.7 Å². The predicted octanol–water partition coefficient (Wildman–Crippen LogP) is 3.69. The summed E-state index contributed by atoms with van der Waals surface area (Å²) in [7, 11) is 3.01. The molecule has 0 radical (unpaired) electrons. The molecule has 0 spiro atoms. The van der Waals surface area contributed by atoms with Crippen LogP contribution in [0.1, 0.15) is 24.7 Å². The Labute approximate surface area is 59.8 Å². The fraction of sp³-hybridized carbons (Fsp3) is 0.571. The number of hydrogen-bond donors (Lipinski definition) is 0. The van der Waals surface area contributed by atoms with Crippen molar-refractivity contribution in [2.45, 2.75) is 26.7 Å². The van der Waals surface area contributed by atoms with Crippen molar-refractivity contribution in [3.63, 3.8) is 0 Å². The molecule has 0 aromatic carbocycles. The van der Waals surface area contributed by atoms with E-state index in [9.17, 15) is 0 Å². The summed E-state index contributed by atoms with van der Waals surface area (Å²) < 4.78 is 0. The van der Waals surface area contributed by atoms with Crippen LogP contribution in [0.4, 0.5) is 0 Å². The molecular weight excluding hydrogens is 146 g/mol. The van der Waals surface area contributed by atoms with Crippen molar-refractivity contribution >= 4 is 15.7 Å². The van der Waals surface area contributed by atoms with Gasteiger partial charge in [0, 0.05) is 0 Å². The van der Waals surface area contributed by atoms with Gasteiger partial charge < -0.3 is 7.87 Å². The first-order valence-corrected chi connectivity index (χ1v) is 5.91. The molecule has 0 aliphatic rings. The fourth-order valence-corrected chi connectivity index (χ4v) is 3.99. The van der Waals surface area contributed by atoms with Gasteiger partial charge in [0.15, 0.2) is 0 Å². The van der Waals surface area contributed by atoms with Gasteiger partial charge in [-0.3, -0.25) is 7.87 Å². The molecule has 0 nitrogen and oxygen atoms in total. The summed E-state index contributed by atoms with van der Waals surface area (Å²) in [5, 5.41) is 1.65. The molecule has 1 aromatic rings. The topological polar surface area (TPSA) is 0 Å². The van der Waals surface area contributed by atoms with E-state index in [0.717, 1.165) is 0 Å². The molecule has 0 saturated heterocycles. The average Bonchev–Trinajstić information content (AvgIpc) is 2.33. The molecule has 0 aliphatic carbocycles. The summed E-state index contributed by atoms with van der Waals surface area (Å²) in [6, 6.07) is 0. The first-order chi connectivity index (χ1) is 4.38. The maximum atomic E-state index is 2.35. The van der Waals surface area contributed by atoms with Gasteiger partial charge in [-0.2, -0.15) is 0 Å². The molecular formula is C7H11P2-. The van der Waals surface area contributed by atoms with E-state index in [1.54, 1.807) is 10.9 Å². The lowest BCUT2D eigenvalue weighted by molar-refractivity contribution is 1.08. The van der Waals surface area contributed by atoms with Crippen molar-refractivity contribution in [3.05, 3.63) is 16.7 Å². The molecule has 2 heteroatoms. The summed E-state index contributed by atoms with van der Waals surface area (Å²) in [6.45, 7) is 4.48. The van der Waals surface area contributed by atoms with E-state index in [2.05, 4.69) is 19.6 Å². The minimum Gasteiger partial charge on any atom is -0.497 e. The third-order valence-electron chi connectivity index (χ3n) is 1.48. The van der Waals surface area contributed by atoms with Crippen LogP contribution in [0.15, 0.2) is 5.80 Å². The Hall–Kier alpha value is 0.210. The van der Waals surface area contributed by atoms with Crippen LogP contribution in [-0.4, -0.2) is 0 Å². The molecule has 1 aromatic heterocycles. The Balaban J connectivity index is 2.85. The highest BCUT2D eigenvalue weighted by atomic mass is 31.8. The summed E-state index contributed by atoms with van der Waals surface area (Å²) >= 11 is 0. The maximum absolute atomic E-state index is 2.35. The lowest BCUT2D eigenvalue weighted by Crippen LogP contribution is -1.79. The number of aryl methyl sites for hydroxylation is 2. The monoisotopic (exact) mass is 157 g/mol. The third-order valence-corrected chi connectivity index (χ3v) is 4.28. The second kappa shape index (κ2) is 3.40. The SMILES string of the molecule is CCc1c[p-]pc1CC. The van der Waals surface area contributed by atoms with Crippen LogP contribution in [-0.2, 0) is 12.8 Å². The van der Waals surface area contributed by atoms with Gasteiger partial charge in [-0.1, -0.05) is 24.7 Å². The molecule has 0 atom stereocenters. The first kappa shape index (κ1) is 7.32. The zero-order valence-corrected chi connectivity index (χ0v) is 7.67. The molecule has 0 aliphatic heterocycles. The second-order valence-corrected chi connectivity index (χ2v) is 4.55. The Morgan fingerprint density at radius 2 is 2.22 bits per heavy atom. The average molecular weight is 157 g/mol. The lowest BCUT2D eigenvalue weighted by Gasteiger charge is -1.97. The Morgan fingerprint density at radius 3 is 2.67 bits per heavy atom. The molecule has 9 heavy (non-hydrogen) atoms. The normalized spacial score (nSPS) is 11.8. The molecule has 1 heterocycles. The van der Waals surface area contributed by atoms with Crippen molar-refractivity contribution < 1.29 is 0 Å². The molecule has 0 unspecified atom stereocenters. The molecule has 0 amide bonds. The van der Waals surface area contributed by atoms with Gasteiger partial charge in [0.05, 0.1) is 0 Å². The van der Waals surface area contributed by atoms with Crippen LogP contribution < -0.4 is 0 Å². The highest BCUT2D eigenvalue weighted by Crippen LogP contribution is 2.32. The van der Waals surface area contributed by atoms with Gasteiger partial charge in [0.25, 0.3) is 0 Å². The molecule has 50 valence electrons. The molecule has 0 fully saturated rings. The predicted molar refractivity (Wildman–Crippen MR) is 45.8 cm³/mol. The quantitative estimate of drug-likeness (QED) is 0.614. The van der Waals surface area contributed by atoms with Crippen molar-refractivity contribution in [1.29, 1.82) is 0 Å². The van der Waals surface area contributed by atoms with Gasteiger partial charge in [-0.05, 0) is 12.8 Å². The van der Waals surface area contributed by atoms with E-state index < -0.39 is 0 Å². The Kier molecular flexibility index (Phi) is 2.76. The van der Waals surface area contributed by atoms with Crippen molar-refractivity contribution in [1.82, 2.24) is 0 Å². The summed E-state index contributed by atoms with van der Waals surface area (Å²) in [5.74, 6) is 2.35. The van der Waals surface area contributed by atoms with Gasteiger partial charge in [0.1, 0.15) is 0 Å². The van der Waals surface area contributed by atoms with E-state index in [1.807, 2.05) is 0 Å². The summed E-state index contributed by atoms with van der Waals surface area (Å²) in [5.41, 5.74) is 1.60. The third kappa shape index (κ3) is 1.57. The summed E-state index contributed by atoms with van der Waals surface area (Å²) in [6.07, 6.45) is 2.47. The minimum absolute atomic E-state index is 1.23. The zero-order chi connectivity index (χ0) is 6.69. The van der Waals surface area contributed by atoms with E-state index in [1.165, 1.54) is 28.6 Å². The zero-order valence-electron chi connectivity index (χ0n) is 5.89. The van der Waals surface area contributed by atoms with Gasteiger partial charge in [-0.25, -0.2) is 5.80 Å². The van der Waals surface area contributed by atoms with Gasteiger partial charge >= 0.3 is 0 Å².